The van der Waals surface area contributed by atoms with E-state index in [9.17, 15) is 19.2 Å². The number of aromatic nitrogens is 2. The molecular weight excluding hydrogens is 340 g/mol. The number of benzene rings is 1. The molecule has 0 bridgehead atoms. The van der Waals surface area contributed by atoms with Crippen LogP contribution in [-0.4, -0.2) is 28.5 Å². The molecule has 10 heteroatoms. The smallest absolute Gasteiger partial charge is 0.357 e. The van der Waals surface area contributed by atoms with Crippen LogP contribution in [0.5, 0.6) is 0 Å². The van der Waals surface area contributed by atoms with Crippen LogP contribution < -0.4 is 22.3 Å². The molecule has 0 aliphatic heterocycles. The number of nitrogens with two attached hydrogens (primary N) is 1. The van der Waals surface area contributed by atoms with Crippen LogP contribution in [0.3, 0.4) is 0 Å². The Morgan fingerprint density at radius 3 is 2.50 bits per heavy atom. The van der Waals surface area contributed by atoms with Crippen LogP contribution in [0.1, 0.15) is 16.1 Å². The molecule has 1 amide bonds. The second kappa shape index (κ2) is 7.47. The van der Waals surface area contributed by atoms with E-state index in [1.54, 1.807) is 24.3 Å². The van der Waals surface area contributed by atoms with Crippen molar-refractivity contribution in [1.82, 2.24) is 15.3 Å². The molecule has 5 N–H and O–H groups in total. The Morgan fingerprint density at radius 2 is 1.83 bits per heavy atom. The monoisotopic (exact) mass is 352 g/mol. The van der Waals surface area contributed by atoms with Gasteiger partial charge in [0.05, 0.1) is 0 Å². The number of aromatic amines is 2. The Kier molecular flexibility index (Phi) is 5.38. The highest BCUT2D eigenvalue weighted by atomic mass is 35.5. The first-order valence-electron chi connectivity index (χ1n) is 6.67. The molecule has 0 saturated carbocycles. The summed E-state index contributed by atoms with van der Waals surface area (Å²) < 4.78 is 4.71. The number of nitrogens with one attached hydrogen (secondary N) is 3. The summed E-state index contributed by atoms with van der Waals surface area (Å²) in [7, 11) is 0. The van der Waals surface area contributed by atoms with Crippen LogP contribution in [0.15, 0.2) is 33.9 Å². The van der Waals surface area contributed by atoms with E-state index in [2.05, 4.69) is 5.32 Å². The van der Waals surface area contributed by atoms with Crippen LogP contribution >= 0.6 is 11.6 Å². The molecule has 0 spiro atoms. The summed E-state index contributed by atoms with van der Waals surface area (Å²) in [5, 5.41) is 3.10. The maximum atomic E-state index is 11.8. The van der Waals surface area contributed by atoms with E-state index in [4.69, 9.17) is 22.1 Å². The number of halogens is 1. The van der Waals surface area contributed by atoms with E-state index in [1.807, 2.05) is 9.97 Å². The number of anilines is 1. The number of carbonyl (C=O) groups is 2. The molecule has 24 heavy (non-hydrogen) atoms. The van der Waals surface area contributed by atoms with Crippen molar-refractivity contribution in [3.63, 3.8) is 0 Å². The lowest BCUT2D eigenvalue weighted by Gasteiger charge is -2.07. The summed E-state index contributed by atoms with van der Waals surface area (Å²) in [6.45, 7) is -0.377. The average Bonchev–Trinajstić information content (AvgIpc) is 2.55. The molecule has 1 aromatic heterocycles. The lowest BCUT2D eigenvalue weighted by molar-refractivity contribution is -0.124. The van der Waals surface area contributed by atoms with Crippen molar-refractivity contribution >= 4 is 29.2 Å². The Balaban J connectivity index is 1.89. The number of nitrogen functional groups attached to an aromatic ring is 1. The number of esters is 1. The first-order valence-corrected chi connectivity index (χ1v) is 7.05. The largest absolute Gasteiger partial charge is 0.451 e. The maximum absolute atomic E-state index is 11.8. The second-order valence-corrected chi connectivity index (χ2v) is 5.11. The van der Waals surface area contributed by atoms with Gasteiger partial charge in [0.1, 0.15) is 5.69 Å². The maximum Gasteiger partial charge on any atom is 0.357 e. The van der Waals surface area contributed by atoms with Crippen molar-refractivity contribution in [3.05, 3.63) is 61.4 Å². The summed E-state index contributed by atoms with van der Waals surface area (Å²) in [4.78, 5) is 49.7. The van der Waals surface area contributed by atoms with Gasteiger partial charge in [0.2, 0.25) is 0 Å². The van der Waals surface area contributed by atoms with E-state index in [-0.39, 0.29) is 6.54 Å². The second-order valence-electron chi connectivity index (χ2n) is 4.68. The predicted molar refractivity (Wildman–Crippen MR) is 85.7 cm³/mol. The van der Waals surface area contributed by atoms with E-state index in [1.165, 1.54) is 0 Å². The molecule has 2 rings (SSSR count). The molecule has 0 aliphatic rings. The number of hydrogen-bond donors (Lipinski definition) is 4. The van der Waals surface area contributed by atoms with Crippen LogP contribution in [0.25, 0.3) is 0 Å². The topological polar surface area (TPSA) is 147 Å². The van der Waals surface area contributed by atoms with Gasteiger partial charge in [-0.05, 0) is 17.7 Å². The van der Waals surface area contributed by atoms with Crippen molar-refractivity contribution in [3.8, 4) is 0 Å². The van der Waals surface area contributed by atoms with E-state index >= 15 is 0 Å². The number of amides is 1. The van der Waals surface area contributed by atoms with Crippen molar-refractivity contribution in [1.29, 1.82) is 0 Å². The molecule has 0 radical (unpaired) electrons. The van der Waals surface area contributed by atoms with Crippen LogP contribution in [-0.2, 0) is 16.1 Å². The molecule has 0 saturated heterocycles. The van der Waals surface area contributed by atoms with Gasteiger partial charge in [-0.3, -0.25) is 19.6 Å². The molecule has 1 aromatic carbocycles. The normalized spacial score (nSPS) is 10.2. The standard InChI is InChI=1S/C14H13ClN4O5/c15-8-3-1-7(2-4-8)5-17-9(20)6-24-13(22)11-10(16)12(21)19-14(23)18-11/h1-4H,5-6,16H2,(H,17,20)(H2,18,19,21,23). The third-order valence-corrected chi connectivity index (χ3v) is 3.17. The Hall–Kier alpha value is -3.07. The molecule has 0 fully saturated rings. The highest BCUT2D eigenvalue weighted by Crippen LogP contribution is 2.09. The number of ether oxygens (including phenoxy) is 1. The zero-order chi connectivity index (χ0) is 17.7. The molecule has 0 aliphatic carbocycles. The molecule has 9 nitrogen and oxygen atoms in total. The van der Waals surface area contributed by atoms with Crippen molar-refractivity contribution in [2.24, 2.45) is 0 Å². The first kappa shape index (κ1) is 17.3. The Bertz CT molecular complexity index is 872. The average molecular weight is 353 g/mol. The molecule has 126 valence electrons. The first-order chi connectivity index (χ1) is 11.4. The van der Waals surface area contributed by atoms with Gasteiger partial charge in [-0.2, -0.15) is 0 Å². The fourth-order valence-electron chi connectivity index (χ4n) is 1.71. The van der Waals surface area contributed by atoms with Crippen LogP contribution in [0.4, 0.5) is 5.69 Å². The minimum Gasteiger partial charge on any atom is -0.451 e. The third kappa shape index (κ3) is 4.46. The molecule has 0 unspecified atom stereocenters. The fraction of sp³-hybridized carbons (Fsp3) is 0.143. The molecule has 0 atom stereocenters. The lowest BCUT2D eigenvalue weighted by Crippen LogP contribution is -2.32. The van der Waals surface area contributed by atoms with Gasteiger partial charge < -0.3 is 15.8 Å². The minimum atomic E-state index is -1.09. The third-order valence-electron chi connectivity index (χ3n) is 2.92. The summed E-state index contributed by atoms with van der Waals surface area (Å²) in [5.74, 6) is -1.65. The Labute approximate surface area is 139 Å². The highest BCUT2D eigenvalue weighted by Gasteiger charge is 2.17. The molecule has 1 heterocycles. The van der Waals surface area contributed by atoms with Gasteiger partial charge in [0.25, 0.3) is 11.5 Å². The van der Waals surface area contributed by atoms with E-state index in [0.717, 1.165) is 5.56 Å². The molecular formula is C14H13ClN4O5. The summed E-state index contributed by atoms with van der Waals surface area (Å²) >= 11 is 5.75. The van der Waals surface area contributed by atoms with Crippen LogP contribution in [0, 0.1) is 0 Å². The summed E-state index contributed by atoms with van der Waals surface area (Å²) in [6.07, 6.45) is 0. The SMILES string of the molecule is Nc1c(C(=O)OCC(=O)NCc2ccc(Cl)cc2)[nH]c(=O)[nH]c1=O. The summed E-state index contributed by atoms with van der Waals surface area (Å²) in [5.41, 5.74) is 3.36. The van der Waals surface area contributed by atoms with Gasteiger partial charge in [-0.15, -0.1) is 0 Å². The highest BCUT2D eigenvalue weighted by molar-refractivity contribution is 6.30. The van der Waals surface area contributed by atoms with E-state index in [0.29, 0.717) is 5.02 Å². The number of hydrogen-bond acceptors (Lipinski definition) is 6. The van der Waals surface area contributed by atoms with Crippen LogP contribution in [0.2, 0.25) is 5.02 Å². The lowest BCUT2D eigenvalue weighted by atomic mass is 10.2. The predicted octanol–water partition coefficient (Wildman–Crippen LogP) is -0.228. The quantitative estimate of drug-likeness (QED) is 0.546. The zero-order valence-electron chi connectivity index (χ0n) is 12.2. The van der Waals surface area contributed by atoms with Gasteiger partial charge in [-0.25, -0.2) is 9.59 Å². The fourth-order valence-corrected chi connectivity index (χ4v) is 1.84. The van der Waals surface area contributed by atoms with Gasteiger partial charge in [0, 0.05) is 11.6 Å². The number of H-pyrrole nitrogens is 2. The van der Waals surface area contributed by atoms with Crippen molar-refractivity contribution < 1.29 is 14.3 Å². The van der Waals surface area contributed by atoms with Gasteiger partial charge in [-0.1, -0.05) is 23.7 Å². The number of carbonyl (C=O) groups excluding carboxylic acids is 2. The van der Waals surface area contributed by atoms with E-state index < -0.39 is 41.1 Å². The van der Waals surface area contributed by atoms with Gasteiger partial charge in [0.15, 0.2) is 12.3 Å². The minimum absolute atomic E-state index is 0.220. The zero-order valence-corrected chi connectivity index (χ0v) is 13.0. The Morgan fingerprint density at radius 1 is 1.17 bits per heavy atom. The number of rotatable bonds is 5. The summed E-state index contributed by atoms with van der Waals surface area (Å²) in [6, 6.07) is 6.82. The van der Waals surface area contributed by atoms with Gasteiger partial charge >= 0.3 is 11.7 Å². The van der Waals surface area contributed by atoms with Crippen molar-refractivity contribution in [2.45, 2.75) is 6.54 Å². The molecule has 2 aromatic rings. The van der Waals surface area contributed by atoms with Crippen molar-refractivity contribution in [2.75, 3.05) is 12.3 Å².